The van der Waals surface area contributed by atoms with E-state index in [0.29, 0.717) is 47.9 Å². The molecule has 2 saturated heterocycles. The van der Waals surface area contributed by atoms with Crippen LogP contribution in [0.1, 0.15) is 18.9 Å². The summed E-state index contributed by atoms with van der Waals surface area (Å²) in [4.78, 5) is 42.7. The van der Waals surface area contributed by atoms with E-state index in [4.69, 9.17) is 31.2 Å². The molecule has 2 fully saturated rings. The van der Waals surface area contributed by atoms with Crippen LogP contribution in [0.5, 0.6) is 0 Å². The molecule has 5 rings (SSSR count). The molecule has 0 radical (unpaired) electrons. The number of fused-ring (bicyclic) bond motifs is 2. The first-order valence-electron chi connectivity index (χ1n) is 12.7. The first-order chi connectivity index (χ1) is 19.0. The zero-order valence-electron chi connectivity index (χ0n) is 21.9. The van der Waals surface area contributed by atoms with Crippen LogP contribution in [-0.4, -0.2) is 74.8 Å². The highest BCUT2D eigenvalue weighted by atomic mass is 35.5. The summed E-state index contributed by atoms with van der Waals surface area (Å²) in [6.07, 6.45) is -4.01. The lowest BCUT2D eigenvalue weighted by Gasteiger charge is -2.25. The van der Waals surface area contributed by atoms with Crippen LogP contribution in [0.4, 0.5) is 19.1 Å². The van der Waals surface area contributed by atoms with Crippen LogP contribution in [0.3, 0.4) is 0 Å². The van der Waals surface area contributed by atoms with Crippen molar-refractivity contribution in [3.05, 3.63) is 55.7 Å². The number of carbonyl (C=O) groups is 1. The lowest BCUT2D eigenvalue weighted by atomic mass is 10.1. The third-order valence-electron chi connectivity index (χ3n) is 7.11. The molecule has 218 valence electrons. The molecule has 2 aliphatic rings. The fourth-order valence-corrected chi connectivity index (χ4v) is 5.32. The molecule has 1 aromatic carbocycles. The van der Waals surface area contributed by atoms with E-state index in [1.807, 2.05) is 35.8 Å². The number of hydrogen-bond donors (Lipinski definition) is 2. The average molecular weight is 587 g/mol. The van der Waals surface area contributed by atoms with Gasteiger partial charge in [-0.15, -0.1) is 0 Å². The minimum atomic E-state index is -5.08. The number of anilines is 1. The van der Waals surface area contributed by atoms with E-state index in [1.54, 1.807) is 7.05 Å². The molecule has 0 bridgehead atoms. The number of rotatable bonds is 7. The average Bonchev–Trinajstić information content (AvgIpc) is 3.61. The predicted molar refractivity (Wildman–Crippen MR) is 142 cm³/mol. The van der Waals surface area contributed by atoms with Gasteiger partial charge in [0.2, 0.25) is 5.95 Å². The predicted octanol–water partition coefficient (Wildman–Crippen LogP) is 2.07. The monoisotopic (exact) mass is 586 g/mol. The molecule has 2 aromatic heterocycles. The summed E-state index contributed by atoms with van der Waals surface area (Å²) in [7, 11) is 1.67. The van der Waals surface area contributed by atoms with Crippen LogP contribution >= 0.6 is 11.6 Å². The number of benzene rings is 1. The van der Waals surface area contributed by atoms with Gasteiger partial charge >= 0.3 is 17.8 Å². The van der Waals surface area contributed by atoms with E-state index < -0.39 is 12.1 Å². The quantitative estimate of drug-likeness (QED) is 0.403. The van der Waals surface area contributed by atoms with Crippen molar-refractivity contribution in [2.75, 3.05) is 37.7 Å². The Labute approximate surface area is 231 Å². The number of carboxylic acids is 1. The van der Waals surface area contributed by atoms with E-state index in [9.17, 15) is 22.8 Å². The molecular formula is C25H30ClF3N6O5. The van der Waals surface area contributed by atoms with Crippen molar-refractivity contribution in [2.45, 2.75) is 38.7 Å². The van der Waals surface area contributed by atoms with Gasteiger partial charge in [-0.2, -0.15) is 18.2 Å². The van der Waals surface area contributed by atoms with E-state index >= 15 is 0 Å². The second-order valence-corrected chi connectivity index (χ2v) is 9.93. The first kappa shape index (κ1) is 29.6. The zero-order chi connectivity index (χ0) is 29.2. The smallest absolute Gasteiger partial charge is 0.475 e. The van der Waals surface area contributed by atoms with Crippen molar-refractivity contribution in [1.82, 2.24) is 24.0 Å². The van der Waals surface area contributed by atoms with Crippen LogP contribution in [0.2, 0.25) is 5.02 Å². The molecule has 2 unspecified atom stereocenters. The minimum absolute atomic E-state index is 0.195. The van der Waals surface area contributed by atoms with Crippen LogP contribution in [-0.2, 0) is 29.7 Å². The third kappa shape index (κ3) is 5.88. The third-order valence-corrected chi connectivity index (χ3v) is 7.48. The molecule has 11 nitrogen and oxygen atoms in total. The summed E-state index contributed by atoms with van der Waals surface area (Å²) in [6.45, 7) is 6.05. The highest BCUT2D eigenvalue weighted by Gasteiger charge is 2.40. The van der Waals surface area contributed by atoms with Crippen LogP contribution < -0.4 is 21.5 Å². The van der Waals surface area contributed by atoms with Gasteiger partial charge in [0.05, 0.1) is 19.7 Å². The summed E-state index contributed by atoms with van der Waals surface area (Å²) < 4.78 is 41.8. The van der Waals surface area contributed by atoms with Crippen molar-refractivity contribution in [3.8, 4) is 0 Å². The van der Waals surface area contributed by atoms with E-state index in [0.717, 1.165) is 37.6 Å². The molecule has 0 amide bonds. The van der Waals surface area contributed by atoms with Gasteiger partial charge in [0.25, 0.3) is 5.56 Å². The fourth-order valence-electron chi connectivity index (χ4n) is 5.12. The molecule has 0 aliphatic carbocycles. The lowest BCUT2D eigenvalue weighted by molar-refractivity contribution is -0.192. The van der Waals surface area contributed by atoms with Crippen molar-refractivity contribution >= 4 is 34.7 Å². The van der Waals surface area contributed by atoms with E-state index in [2.05, 4.69) is 10.2 Å². The highest BCUT2D eigenvalue weighted by Crippen LogP contribution is 2.33. The Kier molecular flexibility index (Phi) is 8.90. The van der Waals surface area contributed by atoms with Crippen molar-refractivity contribution in [3.63, 3.8) is 0 Å². The SMILES string of the molecule is CCOCCn1c(=O)c2c(nc(N3CCC4CNCC43)n2Cc2ccccc2Cl)n(C)c1=O.O=C(O)C(F)(F)F. The maximum Gasteiger partial charge on any atom is 0.490 e. The first-order valence-corrected chi connectivity index (χ1v) is 13.1. The zero-order valence-corrected chi connectivity index (χ0v) is 22.7. The Morgan fingerprint density at radius 3 is 2.58 bits per heavy atom. The summed E-state index contributed by atoms with van der Waals surface area (Å²) >= 11 is 6.49. The number of nitrogens with zero attached hydrogens (tertiary/aromatic N) is 5. The van der Waals surface area contributed by atoms with Gasteiger partial charge in [0.15, 0.2) is 11.2 Å². The largest absolute Gasteiger partial charge is 0.490 e. The van der Waals surface area contributed by atoms with E-state index in [1.165, 1.54) is 9.13 Å². The summed E-state index contributed by atoms with van der Waals surface area (Å²) in [5.74, 6) is -1.48. The van der Waals surface area contributed by atoms with Crippen molar-refractivity contribution in [1.29, 1.82) is 0 Å². The van der Waals surface area contributed by atoms with Gasteiger partial charge in [0.1, 0.15) is 0 Å². The Morgan fingerprint density at radius 1 is 1.23 bits per heavy atom. The minimum Gasteiger partial charge on any atom is -0.475 e. The standard InChI is InChI=1S/C23H29ClN6O3.C2HF3O2/c1-3-33-11-10-29-21(31)19-20(27(2)23(29)32)26-22(28-9-8-15-12-25-13-18(15)28)30(19)14-16-6-4-5-7-17(16)24;3-2(4,5)1(6)7/h4-7,15,18,25H,3,8-14H2,1-2H3;(H,6,7). The van der Waals surface area contributed by atoms with Crippen LogP contribution in [0.25, 0.3) is 11.2 Å². The lowest BCUT2D eigenvalue weighted by Crippen LogP contribution is -2.40. The Balaban J connectivity index is 0.000000470. The number of ether oxygens (including phenoxy) is 1. The molecule has 2 aliphatic heterocycles. The van der Waals surface area contributed by atoms with E-state index in [-0.39, 0.29) is 17.8 Å². The molecular weight excluding hydrogens is 557 g/mol. The maximum atomic E-state index is 13.6. The second kappa shape index (κ2) is 12.0. The second-order valence-electron chi connectivity index (χ2n) is 9.53. The fraction of sp³-hybridized carbons (Fsp3) is 0.520. The van der Waals surface area contributed by atoms with Gasteiger partial charge < -0.3 is 20.1 Å². The molecule has 0 saturated carbocycles. The molecule has 3 aromatic rings. The number of alkyl halides is 3. The molecule has 4 heterocycles. The van der Waals surface area contributed by atoms with Gasteiger partial charge in [-0.3, -0.25) is 18.5 Å². The highest BCUT2D eigenvalue weighted by molar-refractivity contribution is 6.31. The molecule has 40 heavy (non-hydrogen) atoms. The van der Waals surface area contributed by atoms with Gasteiger partial charge in [-0.25, -0.2) is 9.59 Å². The van der Waals surface area contributed by atoms with Crippen LogP contribution in [0.15, 0.2) is 33.9 Å². The number of aromatic nitrogens is 4. The Morgan fingerprint density at radius 2 is 1.93 bits per heavy atom. The summed E-state index contributed by atoms with van der Waals surface area (Å²) in [6, 6.07) is 7.95. The Bertz CT molecular complexity index is 1500. The number of nitrogens with one attached hydrogen (secondary N) is 1. The Hall–Kier alpha value is -3.36. The molecule has 0 spiro atoms. The summed E-state index contributed by atoms with van der Waals surface area (Å²) in [5.41, 5.74) is 0.975. The topological polar surface area (TPSA) is 124 Å². The van der Waals surface area contributed by atoms with Gasteiger partial charge in [0, 0.05) is 44.4 Å². The number of carboxylic acid groups (broad SMARTS) is 1. The number of aryl methyl sites for hydroxylation is 1. The molecule has 2 atom stereocenters. The van der Waals surface area contributed by atoms with Crippen LogP contribution in [0, 0.1) is 5.92 Å². The van der Waals surface area contributed by atoms with Crippen molar-refractivity contribution in [2.24, 2.45) is 13.0 Å². The number of imidazole rings is 1. The number of hydrogen-bond acceptors (Lipinski definition) is 7. The molecule has 15 heteroatoms. The number of halogens is 4. The molecule has 2 N–H and O–H groups in total. The maximum absolute atomic E-state index is 13.6. The van der Waals surface area contributed by atoms with Gasteiger partial charge in [-0.05, 0) is 30.9 Å². The van der Waals surface area contributed by atoms with Gasteiger partial charge in [-0.1, -0.05) is 29.8 Å². The number of aliphatic carboxylic acids is 1. The normalized spacial score (nSPS) is 18.6. The summed E-state index contributed by atoms with van der Waals surface area (Å²) in [5, 5.41) is 11.2. The van der Waals surface area contributed by atoms with Crippen molar-refractivity contribution < 1.29 is 27.8 Å².